The van der Waals surface area contributed by atoms with Gasteiger partial charge < -0.3 is 0 Å². The molecular weight excluding hydrogens is 338 g/mol. The molecule has 28 heavy (non-hydrogen) atoms. The number of hydrogen-bond acceptors (Lipinski definition) is 1. The Morgan fingerprint density at radius 1 is 0.821 bits per heavy atom. The van der Waals surface area contributed by atoms with Gasteiger partial charge in [0.15, 0.2) is 0 Å². The van der Waals surface area contributed by atoms with Crippen molar-refractivity contribution in [3.63, 3.8) is 0 Å². The Labute approximate surface area is 169 Å². The number of benzene rings is 2. The fourth-order valence-electron chi connectivity index (χ4n) is 5.42. The van der Waals surface area contributed by atoms with Gasteiger partial charge in [-0.05, 0) is 38.8 Å². The van der Waals surface area contributed by atoms with Crippen LogP contribution in [0.1, 0.15) is 52.7 Å². The highest BCUT2D eigenvalue weighted by atomic mass is 15.0. The van der Waals surface area contributed by atoms with Crippen LogP contribution in [0.2, 0.25) is 0 Å². The van der Waals surface area contributed by atoms with E-state index in [2.05, 4.69) is 70.3 Å². The van der Waals surface area contributed by atoms with Crippen molar-refractivity contribution in [1.29, 1.82) is 0 Å². The molecule has 0 amide bonds. The molecule has 2 nitrogen and oxygen atoms in total. The molecule has 1 aliphatic carbocycles. The lowest BCUT2D eigenvalue weighted by Crippen LogP contribution is -2.43. The van der Waals surface area contributed by atoms with E-state index in [1.165, 1.54) is 11.1 Å². The Balaban J connectivity index is 2.04. The second-order valence-electron chi connectivity index (χ2n) is 9.86. The molecule has 0 bridgehead atoms. The van der Waals surface area contributed by atoms with E-state index >= 15 is 0 Å². The number of aromatic nitrogens is 2. The minimum absolute atomic E-state index is 0.00343. The monoisotopic (exact) mass is 362 g/mol. The number of pyridine rings is 1. The summed E-state index contributed by atoms with van der Waals surface area (Å²) in [7, 11) is 13.7. The van der Waals surface area contributed by atoms with Crippen molar-refractivity contribution in [2.24, 2.45) is 5.41 Å². The van der Waals surface area contributed by atoms with Crippen molar-refractivity contribution in [3.05, 3.63) is 47.7 Å². The van der Waals surface area contributed by atoms with Crippen LogP contribution in [0.15, 0.2) is 36.5 Å². The average Bonchev–Trinajstić information content (AvgIpc) is 3.08. The maximum Gasteiger partial charge on any atom is 0.145 e. The molecular formula is C24H24B2N2. The highest BCUT2D eigenvalue weighted by Gasteiger charge is 2.58. The molecule has 4 heteroatoms. The van der Waals surface area contributed by atoms with Crippen molar-refractivity contribution in [1.82, 2.24) is 9.38 Å². The zero-order valence-corrected chi connectivity index (χ0v) is 17.5. The minimum Gasteiger partial charge on any atom is -0.300 e. The third-order valence-electron chi connectivity index (χ3n) is 8.19. The molecule has 0 saturated heterocycles. The van der Waals surface area contributed by atoms with E-state index in [0.717, 1.165) is 38.4 Å². The second-order valence-corrected chi connectivity index (χ2v) is 9.86. The fraction of sp³-hybridized carbons (Fsp3) is 0.375. The average molecular weight is 362 g/mol. The lowest BCUT2D eigenvalue weighted by molar-refractivity contribution is 0.125. The summed E-state index contributed by atoms with van der Waals surface area (Å²) in [6.07, 6.45) is 2.06. The zero-order chi connectivity index (χ0) is 20.2. The van der Waals surface area contributed by atoms with Gasteiger partial charge in [-0.2, -0.15) is 0 Å². The topological polar surface area (TPSA) is 17.3 Å². The zero-order valence-electron chi connectivity index (χ0n) is 17.5. The van der Waals surface area contributed by atoms with E-state index < -0.39 is 0 Å². The molecule has 2 heterocycles. The standard InChI is InChI=1S/C24H24B2N2/c1-22(2)15-16(23(3,4)24(22,5)6)18(26)20-19(17(15)25)27-21-14-10-8-7-9-13(14)11-12-28(20)21/h7-12H,1-6H3. The summed E-state index contributed by atoms with van der Waals surface area (Å²) in [6, 6.07) is 10.4. The fourth-order valence-corrected chi connectivity index (χ4v) is 5.42. The van der Waals surface area contributed by atoms with Gasteiger partial charge >= 0.3 is 0 Å². The number of hydrogen-bond donors (Lipinski definition) is 0. The Morgan fingerprint density at radius 2 is 1.43 bits per heavy atom. The van der Waals surface area contributed by atoms with Crippen molar-refractivity contribution in [2.45, 2.75) is 52.4 Å². The molecule has 0 unspecified atom stereocenters. The number of fused-ring (bicyclic) bond motifs is 6. The highest BCUT2D eigenvalue weighted by molar-refractivity contribution is 6.46. The molecule has 0 saturated carbocycles. The lowest BCUT2D eigenvalue weighted by Gasteiger charge is -2.45. The molecule has 0 fully saturated rings. The van der Waals surface area contributed by atoms with Crippen LogP contribution in [-0.2, 0) is 10.8 Å². The van der Waals surface area contributed by atoms with Crippen molar-refractivity contribution in [3.8, 4) is 0 Å². The summed E-state index contributed by atoms with van der Waals surface area (Å²) in [5.41, 5.74) is 6.35. The van der Waals surface area contributed by atoms with Gasteiger partial charge in [-0.15, -0.1) is 0 Å². The Morgan fingerprint density at radius 3 is 2.11 bits per heavy atom. The molecule has 0 aliphatic heterocycles. The molecule has 4 radical (unpaired) electrons. The molecule has 1 aliphatic rings. The largest absolute Gasteiger partial charge is 0.300 e. The van der Waals surface area contributed by atoms with Gasteiger partial charge in [0, 0.05) is 11.6 Å². The molecule has 0 atom stereocenters. The van der Waals surface area contributed by atoms with Gasteiger partial charge in [-0.3, -0.25) is 4.40 Å². The van der Waals surface area contributed by atoms with E-state index in [9.17, 15) is 0 Å². The Kier molecular flexibility index (Phi) is 3.21. The van der Waals surface area contributed by atoms with Crippen LogP contribution in [0, 0.1) is 5.41 Å². The van der Waals surface area contributed by atoms with E-state index in [1.54, 1.807) is 0 Å². The SMILES string of the molecule is [B]c1c2c(c([B])c3c1nc1c4ccccc4ccn13)C(C)(C)C(C)(C)C2(C)C. The van der Waals surface area contributed by atoms with Gasteiger partial charge in [-0.1, -0.05) is 76.7 Å². The molecule has 0 spiro atoms. The first-order chi connectivity index (χ1) is 13.0. The van der Waals surface area contributed by atoms with Gasteiger partial charge in [-0.25, -0.2) is 4.98 Å². The van der Waals surface area contributed by atoms with Crippen LogP contribution in [0.25, 0.3) is 27.5 Å². The van der Waals surface area contributed by atoms with Gasteiger partial charge in [0.25, 0.3) is 0 Å². The van der Waals surface area contributed by atoms with E-state index in [-0.39, 0.29) is 16.2 Å². The van der Waals surface area contributed by atoms with Crippen LogP contribution in [-0.4, -0.2) is 25.1 Å². The number of rotatable bonds is 0. The predicted octanol–water partition coefficient (Wildman–Crippen LogP) is 3.82. The van der Waals surface area contributed by atoms with E-state index in [0.29, 0.717) is 0 Å². The Hall–Kier alpha value is -2.22. The second kappa shape index (κ2) is 5.03. The number of nitrogens with zero attached hydrogens (tertiary/aromatic N) is 2. The summed E-state index contributed by atoms with van der Waals surface area (Å²) in [4.78, 5) is 5.00. The maximum atomic E-state index is 6.90. The third kappa shape index (κ3) is 1.76. The lowest BCUT2D eigenvalue weighted by atomic mass is 9.58. The first-order valence-electron chi connectivity index (χ1n) is 9.93. The smallest absolute Gasteiger partial charge is 0.145 e. The predicted molar refractivity (Wildman–Crippen MR) is 121 cm³/mol. The van der Waals surface area contributed by atoms with E-state index in [4.69, 9.17) is 20.7 Å². The van der Waals surface area contributed by atoms with E-state index in [1.807, 2.05) is 12.1 Å². The first-order valence-corrected chi connectivity index (χ1v) is 9.93. The highest BCUT2D eigenvalue weighted by Crippen LogP contribution is 2.60. The summed E-state index contributed by atoms with van der Waals surface area (Å²) < 4.78 is 2.11. The van der Waals surface area contributed by atoms with Gasteiger partial charge in [0.1, 0.15) is 21.3 Å². The summed E-state index contributed by atoms with van der Waals surface area (Å²) in [5, 5.41) is 2.27. The summed E-state index contributed by atoms with van der Waals surface area (Å²) in [6.45, 7) is 13.8. The minimum atomic E-state index is -0.115. The van der Waals surface area contributed by atoms with Crippen LogP contribution in [0.3, 0.4) is 0 Å². The van der Waals surface area contributed by atoms with Crippen LogP contribution in [0.4, 0.5) is 0 Å². The van der Waals surface area contributed by atoms with Gasteiger partial charge in [0.05, 0.1) is 11.0 Å². The summed E-state index contributed by atoms with van der Waals surface area (Å²) in [5.74, 6) is 0. The van der Waals surface area contributed by atoms with Crippen molar-refractivity contribution < 1.29 is 0 Å². The molecule has 136 valence electrons. The number of imidazole rings is 1. The molecule has 5 rings (SSSR count). The van der Waals surface area contributed by atoms with Crippen molar-refractivity contribution >= 4 is 54.1 Å². The van der Waals surface area contributed by atoms with Gasteiger partial charge in [0.2, 0.25) is 0 Å². The molecule has 2 aromatic carbocycles. The maximum absolute atomic E-state index is 6.90. The summed E-state index contributed by atoms with van der Waals surface area (Å²) >= 11 is 0. The molecule has 4 aromatic rings. The molecule has 0 N–H and O–H groups in total. The normalized spacial score (nSPS) is 19.5. The van der Waals surface area contributed by atoms with Crippen LogP contribution in [0.5, 0.6) is 0 Å². The van der Waals surface area contributed by atoms with Crippen LogP contribution >= 0.6 is 0 Å². The quantitative estimate of drug-likeness (QED) is 0.435. The Bertz CT molecular complexity index is 1310. The van der Waals surface area contributed by atoms with Crippen LogP contribution < -0.4 is 10.9 Å². The van der Waals surface area contributed by atoms with Crippen molar-refractivity contribution in [2.75, 3.05) is 0 Å². The first kappa shape index (κ1) is 17.8. The third-order valence-corrected chi connectivity index (χ3v) is 8.19. The molecule has 2 aromatic heterocycles.